The predicted octanol–water partition coefficient (Wildman–Crippen LogP) is -0.340. The van der Waals surface area contributed by atoms with Crippen LogP contribution in [0.1, 0.15) is 41.0 Å². The van der Waals surface area contributed by atoms with Gasteiger partial charge in [-0.2, -0.15) is 19.3 Å². The molecule has 0 radical (unpaired) electrons. The van der Waals surface area contributed by atoms with Crippen molar-refractivity contribution >= 4 is 23.1 Å². The Morgan fingerprint density at radius 1 is 1.20 bits per heavy atom. The van der Waals surface area contributed by atoms with Crippen LogP contribution in [-0.4, -0.2) is 23.1 Å². The van der Waals surface area contributed by atoms with E-state index in [1.165, 1.54) is 12.3 Å². The van der Waals surface area contributed by atoms with E-state index in [4.69, 9.17) is 0 Å². The molecule has 0 heterocycles. The van der Waals surface area contributed by atoms with E-state index in [0.717, 1.165) is 0 Å². The van der Waals surface area contributed by atoms with Crippen molar-refractivity contribution in [2.24, 2.45) is 5.41 Å². The molecule has 0 unspecified atom stereocenters. The van der Waals surface area contributed by atoms with Crippen LogP contribution in [0.25, 0.3) is 0 Å². The van der Waals surface area contributed by atoms with Crippen LogP contribution in [0.3, 0.4) is 0 Å². The van der Waals surface area contributed by atoms with Gasteiger partial charge in [-0.1, -0.05) is 27.2 Å². The summed E-state index contributed by atoms with van der Waals surface area (Å²) < 4.78 is 0. The van der Waals surface area contributed by atoms with Gasteiger partial charge in [0.1, 0.15) is 0 Å². The zero-order valence-electron chi connectivity index (χ0n) is 7.79. The summed E-state index contributed by atoms with van der Waals surface area (Å²) in [4.78, 5) is 0. The molecule has 58 valence electrons. The zero-order valence-corrected chi connectivity index (χ0v) is 11.4. The van der Waals surface area contributed by atoms with Crippen LogP contribution in [0.15, 0.2) is 0 Å². The first kappa shape index (κ1) is 17.5. The third-order valence-electron chi connectivity index (χ3n) is 2.24. The van der Waals surface area contributed by atoms with Crippen LogP contribution in [-0.2, 0) is 0 Å². The minimum absolute atomic E-state index is 0. The van der Waals surface area contributed by atoms with E-state index in [9.17, 15) is 0 Å². The normalized spacial score (nSPS) is 10.2. The Bertz CT molecular complexity index is 69.7. The second-order valence-electron chi connectivity index (χ2n) is 3.24. The Morgan fingerprint density at radius 3 is 1.50 bits per heavy atom. The van der Waals surface area contributed by atoms with Crippen molar-refractivity contribution in [3.63, 3.8) is 0 Å². The summed E-state index contributed by atoms with van der Waals surface area (Å²) in [6.07, 6.45) is 1.25. The van der Waals surface area contributed by atoms with Gasteiger partial charge in [-0.25, -0.2) is 0 Å². The number of rotatable bonds is 2. The van der Waals surface area contributed by atoms with Gasteiger partial charge in [-0.05, 0) is 0 Å². The number of hydrogen-bond donors (Lipinski definition) is 0. The Kier molecular flexibility index (Phi) is 12.6. The molecular formula is C8H17IMg. The summed E-state index contributed by atoms with van der Waals surface area (Å²) in [5.74, 6) is 1.53. The van der Waals surface area contributed by atoms with E-state index >= 15 is 0 Å². The molecule has 0 N–H and O–H groups in total. The fraction of sp³-hybridized carbons (Fsp3) is 0.875. The van der Waals surface area contributed by atoms with Crippen molar-refractivity contribution in [3.05, 3.63) is 5.92 Å². The fourth-order valence-electron chi connectivity index (χ4n) is 0.354. The van der Waals surface area contributed by atoms with Gasteiger partial charge < -0.3 is 29.9 Å². The van der Waals surface area contributed by atoms with Crippen molar-refractivity contribution in [2.75, 3.05) is 0 Å². The van der Waals surface area contributed by atoms with Gasteiger partial charge in [0, 0.05) is 0 Å². The molecule has 0 fully saturated rings. The van der Waals surface area contributed by atoms with Gasteiger partial charge in [0.25, 0.3) is 0 Å². The van der Waals surface area contributed by atoms with Crippen molar-refractivity contribution in [1.29, 1.82) is 0 Å². The van der Waals surface area contributed by atoms with E-state index in [1.54, 1.807) is 0 Å². The Labute approximate surface area is 98.7 Å². The van der Waals surface area contributed by atoms with E-state index in [0.29, 0.717) is 5.41 Å². The van der Waals surface area contributed by atoms with Crippen LogP contribution < -0.4 is 24.0 Å². The maximum absolute atomic E-state index is 2.28. The minimum atomic E-state index is 0. The molecular weight excluding hydrogens is 247 g/mol. The largest absolute Gasteiger partial charge is 2.00 e. The van der Waals surface area contributed by atoms with Crippen LogP contribution in [0, 0.1) is 11.3 Å². The first-order valence-corrected chi connectivity index (χ1v) is 3.31. The summed E-state index contributed by atoms with van der Waals surface area (Å²) in [5, 5.41) is 0. The number of halogens is 1. The van der Waals surface area contributed by atoms with Gasteiger partial charge in [0.15, 0.2) is 0 Å². The van der Waals surface area contributed by atoms with Gasteiger partial charge in [-0.15, -0.1) is 0 Å². The summed E-state index contributed by atoms with van der Waals surface area (Å²) in [5.41, 5.74) is 0.458. The molecule has 0 saturated carbocycles. The van der Waals surface area contributed by atoms with Crippen molar-refractivity contribution < 1.29 is 24.0 Å². The first-order chi connectivity index (χ1) is 3.50. The zero-order chi connectivity index (χ0) is 6.78. The van der Waals surface area contributed by atoms with Gasteiger partial charge >= 0.3 is 23.1 Å². The summed E-state index contributed by atoms with van der Waals surface area (Å²) in [6.45, 7) is 11.2. The van der Waals surface area contributed by atoms with E-state index in [-0.39, 0.29) is 47.0 Å². The van der Waals surface area contributed by atoms with Gasteiger partial charge in [0.2, 0.25) is 0 Å². The van der Waals surface area contributed by atoms with E-state index < -0.39 is 0 Å². The van der Waals surface area contributed by atoms with Crippen LogP contribution in [0.4, 0.5) is 0 Å². The topological polar surface area (TPSA) is 0 Å². The molecule has 0 aliphatic heterocycles. The quantitative estimate of drug-likeness (QED) is 0.364. The van der Waals surface area contributed by atoms with Crippen LogP contribution >= 0.6 is 0 Å². The summed E-state index contributed by atoms with van der Waals surface area (Å²) >= 11 is 0. The standard InChI is InChI=1S/C8H17.HI.Mg/c1-6-8(4,5)7(2)3;;/h6H2,1-5H3;1H;/q-1;;+2/p-1. The molecule has 0 rings (SSSR count). The van der Waals surface area contributed by atoms with Crippen LogP contribution in [0.2, 0.25) is 0 Å². The molecule has 0 saturated heterocycles. The van der Waals surface area contributed by atoms with E-state index in [1.807, 2.05) is 0 Å². The third kappa shape index (κ3) is 6.22. The third-order valence-corrected chi connectivity index (χ3v) is 2.24. The maximum atomic E-state index is 2.28. The molecule has 0 aliphatic carbocycles. The van der Waals surface area contributed by atoms with Crippen LogP contribution in [0.5, 0.6) is 0 Å². The molecule has 0 aromatic heterocycles. The molecule has 0 bridgehead atoms. The van der Waals surface area contributed by atoms with Gasteiger partial charge in [-0.3, -0.25) is 0 Å². The summed E-state index contributed by atoms with van der Waals surface area (Å²) in [6, 6.07) is 0. The van der Waals surface area contributed by atoms with Crippen molar-refractivity contribution in [1.82, 2.24) is 0 Å². The fourth-order valence-corrected chi connectivity index (χ4v) is 0.354. The molecule has 0 nitrogen and oxygen atoms in total. The van der Waals surface area contributed by atoms with E-state index in [2.05, 4.69) is 34.6 Å². The monoisotopic (exact) mass is 264 g/mol. The average Bonchev–Trinajstić information content (AvgIpc) is 1.67. The Morgan fingerprint density at radius 2 is 1.50 bits per heavy atom. The molecule has 0 atom stereocenters. The first-order valence-electron chi connectivity index (χ1n) is 3.31. The molecule has 10 heavy (non-hydrogen) atoms. The summed E-state index contributed by atoms with van der Waals surface area (Å²) in [7, 11) is 0. The molecule has 0 aromatic carbocycles. The predicted molar refractivity (Wildman–Crippen MR) is 44.4 cm³/mol. The SMILES string of the molecule is CCC(C)(C)[C-](C)C.[I-].[Mg+2]. The molecule has 0 spiro atoms. The molecule has 0 amide bonds. The van der Waals surface area contributed by atoms with Gasteiger partial charge in [0.05, 0.1) is 0 Å². The minimum Gasteiger partial charge on any atom is -1.00 e. The Balaban J connectivity index is -0.000000245. The maximum Gasteiger partial charge on any atom is 2.00 e. The second kappa shape index (κ2) is 7.16. The second-order valence-corrected chi connectivity index (χ2v) is 3.24. The average molecular weight is 264 g/mol. The Hall–Kier alpha value is 1.50. The number of hydrogen-bond acceptors (Lipinski definition) is 0. The van der Waals surface area contributed by atoms with Crippen molar-refractivity contribution in [3.8, 4) is 0 Å². The molecule has 0 aromatic rings. The molecule has 2 heteroatoms. The molecule has 0 aliphatic rings. The smallest absolute Gasteiger partial charge is 1.00 e. The van der Waals surface area contributed by atoms with Crippen molar-refractivity contribution in [2.45, 2.75) is 41.0 Å².